The number of hydrogen-bond acceptors (Lipinski definition) is 4. The minimum Gasteiger partial charge on any atom is -0.318 e. The summed E-state index contributed by atoms with van der Waals surface area (Å²) in [6.07, 6.45) is 3.30. The molecule has 0 aliphatic heterocycles. The zero-order valence-corrected chi connectivity index (χ0v) is 11.7. The maximum absolute atomic E-state index is 12.2. The molecule has 0 aliphatic rings. The van der Waals surface area contributed by atoms with Crippen molar-refractivity contribution in [2.75, 3.05) is 5.32 Å². The van der Waals surface area contributed by atoms with Crippen LogP contribution in [-0.2, 0) is 7.05 Å². The van der Waals surface area contributed by atoms with Gasteiger partial charge in [-0.1, -0.05) is 6.07 Å². The normalized spacial score (nSPS) is 10.6. The summed E-state index contributed by atoms with van der Waals surface area (Å²) >= 11 is 0. The van der Waals surface area contributed by atoms with Gasteiger partial charge in [-0.3, -0.25) is 19.6 Å². The molecule has 0 bridgehead atoms. The van der Waals surface area contributed by atoms with Crippen LogP contribution in [-0.4, -0.2) is 30.9 Å². The van der Waals surface area contributed by atoms with Crippen molar-refractivity contribution in [3.63, 3.8) is 0 Å². The number of aromatic nitrogens is 5. The molecule has 21 heavy (non-hydrogen) atoms. The second kappa shape index (κ2) is 5.20. The average molecular weight is 282 g/mol. The molecule has 3 heterocycles. The lowest BCUT2D eigenvalue weighted by Gasteiger charge is -2.01. The number of aryl methyl sites for hydroxylation is 1. The van der Waals surface area contributed by atoms with Crippen LogP contribution in [0.15, 0.2) is 36.7 Å². The fourth-order valence-electron chi connectivity index (χ4n) is 1.89. The van der Waals surface area contributed by atoms with Crippen molar-refractivity contribution >= 4 is 11.6 Å². The van der Waals surface area contributed by atoms with Crippen molar-refractivity contribution < 1.29 is 4.79 Å². The number of amides is 1. The van der Waals surface area contributed by atoms with Gasteiger partial charge in [-0.05, 0) is 25.1 Å². The fourth-order valence-corrected chi connectivity index (χ4v) is 1.89. The van der Waals surface area contributed by atoms with Crippen molar-refractivity contribution in [3.05, 3.63) is 48.0 Å². The standard InChI is InChI=1S/C14H14N6O/c1-9-13(8-16-20(9)2)17-14(21)12-7-11(18-19-12)10-5-3-4-6-15-10/h3-8H,1-2H3,(H,17,21)(H,18,19). The first-order valence-electron chi connectivity index (χ1n) is 6.42. The SMILES string of the molecule is Cc1c(NC(=O)c2cc(-c3ccccn3)n[nH]2)cnn1C. The third-order valence-electron chi connectivity index (χ3n) is 3.23. The Bertz CT molecular complexity index is 774. The van der Waals surface area contributed by atoms with Gasteiger partial charge in [0.2, 0.25) is 0 Å². The van der Waals surface area contributed by atoms with Crippen LogP contribution in [0.3, 0.4) is 0 Å². The molecule has 3 aromatic heterocycles. The molecule has 7 nitrogen and oxygen atoms in total. The Balaban J connectivity index is 1.80. The number of pyridine rings is 1. The van der Waals surface area contributed by atoms with Gasteiger partial charge in [0.15, 0.2) is 0 Å². The van der Waals surface area contributed by atoms with Gasteiger partial charge in [0, 0.05) is 13.2 Å². The molecule has 1 amide bonds. The summed E-state index contributed by atoms with van der Waals surface area (Å²) in [6, 6.07) is 7.21. The van der Waals surface area contributed by atoms with Crippen molar-refractivity contribution in [2.24, 2.45) is 7.05 Å². The second-order valence-electron chi connectivity index (χ2n) is 4.60. The van der Waals surface area contributed by atoms with Crippen LogP contribution in [0.4, 0.5) is 5.69 Å². The fraction of sp³-hybridized carbons (Fsp3) is 0.143. The van der Waals surface area contributed by atoms with E-state index in [1.54, 1.807) is 23.1 Å². The van der Waals surface area contributed by atoms with Crippen molar-refractivity contribution in [2.45, 2.75) is 6.92 Å². The Kier molecular flexibility index (Phi) is 3.23. The van der Waals surface area contributed by atoms with Gasteiger partial charge >= 0.3 is 0 Å². The van der Waals surface area contributed by atoms with E-state index in [0.717, 1.165) is 5.69 Å². The van der Waals surface area contributed by atoms with Crippen LogP contribution in [0.5, 0.6) is 0 Å². The van der Waals surface area contributed by atoms with Crippen molar-refractivity contribution in [1.29, 1.82) is 0 Å². The molecule has 0 aromatic carbocycles. The number of nitrogens with zero attached hydrogens (tertiary/aromatic N) is 4. The molecule has 3 rings (SSSR count). The van der Waals surface area contributed by atoms with E-state index in [4.69, 9.17) is 0 Å². The lowest BCUT2D eigenvalue weighted by atomic mass is 10.2. The van der Waals surface area contributed by atoms with E-state index in [-0.39, 0.29) is 5.91 Å². The predicted octanol–water partition coefficient (Wildman–Crippen LogP) is 1.77. The van der Waals surface area contributed by atoms with Gasteiger partial charge in [-0.15, -0.1) is 0 Å². The first-order chi connectivity index (χ1) is 10.1. The number of hydrogen-bond donors (Lipinski definition) is 2. The maximum Gasteiger partial charge on any atom is 0.273 e. The topological polar surface area (TPSA) is 88.5 Å². The molecule has 0 spiro atoms. The summed E-state index contributed by atoms with van der Waals surface area (Å²) in [5.41, 5.74) is 3.28. The highest BCUT2D eigenvalue weighted by Gasteiger charge is 2.14. The lowest BCUT2D eigenvalue weighted by molar-refractivity contribution is 0.102. The average Bonchev–Trinajstić information content (AvgIpc) is 3.11. The highest BCUT2D eigenvalue weighted by Crippen LogP contribution is 2.16. The third kappa shape index (κ3) is 2.53. The number of carbonyl (C=O) groups is 1. The smallest absolute Gasteiger partial charge is 0.273 e. The van der Waals surface area contributed by atoms with E-state index in [1.807, 2.05) is 32.2 Å². The van der Waals surface area contributed by atoms with Gasteiger partial charge in [0.25, 0.3) is 5.91 Å². The molecular formula is C14H14N6O. The van der Waals surface area contributed by atoms with Crippen molar-refractivity contribution in [3.8, 4) is 11.4 Å². The van der Waals surface area contributed by atoms with E-state index in [0.29, 0.717) is 22.8 Å². The summed E-state index contributed by atoms with van der Waals surface area (Å²) in [4.78, 5) is 16.4. The molecule has 106 valence electrons. The molecule has 7 heteroatoms. The zero-order valence-electron chi connectivity index (χ0n) is 11.7. The molecule has 3 aromatic rings. The minimum absolute atomic E-state index is 0.263. The van der Waals surface area contributed by atoms with E-state index in [1.165, 1.54) is 0 Å². The highest BCUT2D eigenvalue weighted by molar-refractivity contribution is 6.03. The zero-order chi connectivity index (χ0) is 14.8. The van der Waals surface area contributed by atoms with Gasteiger partial charge < -0.3 is 5.32 Å². The summed E-state index contributed by atoms with van der Waals surface area (Å²) in [5, 5.41) is 13.7. The Morgan fingerprint density at radius 1 is 1.33 bits per heavy atom. The third-order valence-corrected chi connectivity index (χ3v) is 3.23. The molecule has 0 saturated heterocycles. The van der Waals surface area contributed by atoms with Crippen LogP contribution in [0.2, 0.25) is 0 Å². The predicted molar refractivity (Wildman–Crippen MR) is 77.7 cm³/mol. The van der Waals surface area contributed by atoms with Crippen LogP contribution >= 0.6 is 0 Å². The molecule has 0 aliphatic carbocycles. The van der Waals surface area contributed by atoms with Gasteiger partial charge in [0.1, 0.15) is 11.4 Å². The quantitative estimate of drug-likeness (QED) is 0.766. The Morgan fingerprint density at radius 2 is 2.19 bits per heavy atom. The van der Waals surface area contributed by atoms with E-state index >= 15 is 0 Å². The lowest BCUT2D eigenvalue weighted by Crippen LogP contribution is -2.12. The monoisotopic (exact) mass is 282 g/mol. The summed E-state index contributed by atoms with van der Waals surface area (Å²) in [7, 11) is 1.82. The molecular weight excluding hydrogens is 268 g/mol. The number of aromatic amines is 1. The van der Waals surface area contributed by atoms with Gasteiger partial charge in [-0.2, -0.15) is 10.2 Å². The first kappa shape index (κ1) is 13.0. The van der Waals surface area contributed by atoms with E-state index in [2.05, 4.69) is 25.6 Å². The number of anilines is 1. The minimum atomic E-state index is -0.263. The summed E-state index contributed by atoms with van der Waals surface area (Å²) in [6.45, 7) is 1.88. The molecule has 0 radical (unpaired) electrons. The molecule has 0 saturated carbocycles. The Labute approximate surface area is 121 Å². The van der Waals surface area contributed by atoms with Crippen LogP contribution < -0.4 is 5.32 Å². The maximum atomic E-state index is 12.2. The van der Waals surface area contributed by atoms with Gasteiger partial charge in [0.05, 0.1) is 23.3 Å². The Morgan fingerprint density at radius 3 is 2.86 bits per heavy atom. The number of nitrogens with one attached hydrogen (secondary N) is 2. The first-order valence-corrected chi connectivity index (χ1v) is 6.42. The van der Waals surface area contributed by atoms with E-state index in [9.17, 15) is 4.79 Å². The largest absolute Gasteiger partial charge is 0.318 e. The highest BCUT2D eigenvalue weighted by atomic mass is 16.1. The van der Waals surface area contributed by atoms with E-state index < -0.39 is 0 Å². The number of rotatable bonds is 3. The van der Waals surface area contributed by atoms with Crippen LogP contribution in [0.1, 0.15) is 16.2 Å². The second-order valence-corrected chi connectivity index (χ2v) is 4.60. The summed E-state index contributed by atoms with van der Waals surface area (Å²) in [5.74, 6) is -0.263. The summed E-state index contributed by atoms with van der Waals surface area (Å²) < 4.78 is 1.70. The number of H-pyrrole nitrogens is 1. The Hall–Kier alpha value is -2.96. The molecule has 2 N–H and O–H groups in total. The van der Waals surface area contributed by atoms with Crippen molar-refractivity contribution in [1.82, 2.24) is 25.0 Å². The number of carbonyl (C=O) groups excluding carboxylic acids is 1. The van der Waals surface area contributed by atoms with Crippen LogP contribution in [0, 0.1) is 6.92 Å². The molecule has 0 fully saturated rings. The molecule has 0 unspecified atom stereocenters. The van der Waals surface area contributed by atoms with Crippen LogP contribution in [0.25, 0.3) is 11.4 Å². The van der Waals surface area contributed by atoms with Gasteiger partial charge in [-0.25, -0.2) is 0 Å². The molecule has 0 atom stereocenters.